The predicted octanol–water partition coefficient (Wildman–Crippen LogP) is 7.50. The summed E-state index contributed by atoms with van der Waals surface area (Å²) < 4.78 is 2.00. The lowest BCUT2D eigenvalue weighted by Crippen LogP contribution is -2.19. The molecule has 3 rings (SSSR count). The zero-order valence-corrected chi connectivity index (χ0v) is 19.0. The Morgan fingerprint density at radius 2 is 1.32 bits per heavy atom. The highest BCUT2D eigenvalue weighted by Crippen LogP contribution is 2.42. The highest BCUT2D eigenvalue weighted by Gasteiger charge is 2.27. The summed E-state index contributed by atoms with van der Waals surface area (Å²) in [5.74, 6) is 0. The average Bonchev–Trinajstić information content (AvgIpc) is 2.92. The van der Waals surface area contributed by atoms with Gasteiger partial charge in [-0.1, -0.05) is 51.0 Å². The molecule has 1 heterocycles. The third kappa shape index (κ3) is 4.42. The van der Waals surface area contributed by atoms with Gasteiger partial charge in [0.05, 0.1) is 11.4 Å². The second-order valence-electron chi connectivity index (χ2n) is 10.1. The lowest BCUT2D eigenvalue weighted by molar-refractivity contribution is 0.377. The number of aryl methyl sites for hydroxylation is 1. The van der Waals surface area contributed by atoms with Crippen LogP contribution in [0, 0.1) is 10.8 Å². The van der Waals surface area contributed by atoms with Crippen LogP contribution in [0.15, 0.2) is 40.5 Å². The number of aromatic nitrogens is 2. The Kier molecular flexibility index (Phi) is 5.89. The maximum Gasteiger partial charge on any atom is 0.0857 e. The van der Waals surface area contributed by atoms with Crippen LogP contribution in [0.2, 0.25) is 0 Å². The first-order valence-electron chi connectivity index (χ1n) is 10.9. The Hall–Kier alpha value is -1.83. The van der Waals surface area contributed by atoms with E-state index in [0.29, 0.717) is 0 Å². The molecule has 2 aliphatic rings. The van der Waals surface area contributed by atoms with Crippen molar-refractivity contribution in [2.45, 2.75) is 80.1 Å². The maximum absolute atomic E-state index is 4.73. The molecule has 0 unspecified atom stereocenters. The van der Waals surface area contributed by atoms with E-state index < -0.39 is 0 Å². The molecule has 0 spiro atoms. The minimum absolute atomic E-state index is 0.271. The van der Waals surface area contributed by atoms with Crippen LogP contribution in [-0.2, 0) is 7.05 Å². The number of hydrogen-bond donors (Lipinski definition) is 0. The van der Waals surface area contributed by atoms with Crippen LogP contribution in [0.5, 0.6) is 0 Å². The largest absolute Gasteiger partial charge is 0.268 e. The molecule has 2 aliphatic carbocycles. The topological polar surface area (TPSA) is 17.8 Å². The molecular formula is C26H38N2. The van der Waals surface area contributed by atoms with Crippen LogP contribution >= 0.6 is 0 Å². The van der Waals surface area contributed by atoms with Crippen molar-refractivity contribution in [1.29, 1.82) is 0 Å². The van der Waals surface area contributed by atoms with Crippen molar-refractivity contribution < 1.29 is 0 Å². The van der Waals surface area contributed by atoms with Crippen molar-refractivity contribution in [2.75, 3.05) is 0 Å². The molecule has 0 saturated heterocycles. The molecule has 0 atom stereocenters. The van der Waals surface area contributed by atoms with E-state index in [9.17, 15) is 0 Å². The zero-order valence-electron chi connectivity index (χ0n) is 19.0. The fourth-order valence-electron chi connectivity index (χ4n) is 5.10. The van der Waals surface area contributed by atoms with Crippen LogP contribution < -0.4 is 0 Å². The fraction of sp³-hybridized carbons (Fsp3) is 0.577. The minimum Gasteiger partial charge on any atom is -0.268 e. The van der Waals surface area contributed by atoms with Gasteiger partial charge < -0.3 is 0 Å². The molecule has 152 valence electrons. The maximum atomic E-state index is 4.73. The van der Waals surface area contributed by atoms with E-state index in [1.54, 1.807) is 0 Å². The lowest BCUT2D eigenvalue weighted by Gasteiger charge is -2.32. The summed E-state index contributed by atoms with van der Waals surface area (Å²) >= 11 is 0. The zero-order chi connectivity index (χ0) is 20.5. The Bertz CT molecular complexity index is 853. The van der Waals surface area contributed by atoms with Crippen molar-refractivity contribution >= 4 is 12.2 Å². The number of rotatable bonds is 4. The van der Waals surface area contributed by atoms with Gasteiger partial charge in [0.25, 0.3) is 0 Å². The highest BCUT2D eigenvalue weighted by molar-refractivity contribution is 5.58. The first-order valence-corrected chi connectivity index (χ1v) is 10.9. The average molecular weight is 379 g/mol. The summed E-state index contributed by atoms with van der Waals surface area (Å²) in [5, 5.41) is 4.73. The van der Waals surface area contributed by atoms with Gasteiger partial charge >= 0.3 is 0 Å². The van der Waals surface area contributed by atoms with Gasteiger partial charge in [-0.15, -0.1) is 0 Å². The molecular weight excluding hydrogens is 340 g/mol. The summed E-state index contributed by atoms with van der Waals surface area (Å²) in [5.41, 5.74) is 8.81. The molecule has 2 heteroatoms. The summed E-state index contributed by atoms with van der Waals surface area (Å²) in [6.07, 6.45) is 16.7. The first kappa shape index (κ1) is 20.9. The molecule has 2 nitrogen and oxygen atoms in total. The standard InChI is InChI=1S/C26H38N2/c1-19-10-8-16-25(3,4)23(19)14-12-21-18-22(28(7)27-21)13-15-24-20(2)11-9-17-26(24,5)6/h12-15,18H,8-11,16-17H2,1-7H3. The van der Waals surface area contributed by atoms with Gasteiger partial charge in [-0.05, 0) is 92.6 Å². The smallest absolute Gasteiger partial charge is 0.0857 e. The van der Waals surface area contributed by atoms with Crippen LogP contribution in [0.4, 0.5) is 0 Å². The van der Waals surface area contributed by atoms with E-state index >= 15 is 0 Å². The van der Waals surface area contributed by atoms with Gasteiger partial charge in [0.2, 0.25) is 0 Å². The van der Waals surface area contributed by atoms with Gasteiger partial charge in [0.1, 0.15) is 0 Å². The molecule has 0 aliphatic heterocycles. The Morgan fingerprint density at radius 1 is 0.821 bits per heavy atom. The highest BCUT2D eigenvalue weighted by atomic mass is 15.3. The normalized spacial score (nSPS) is 22.7. The monoisotopic (exact) mass is 378 g/mol. The summed E-state index contributed by atoms with van der Waals surface area (Å²) in [6.45, 7) is 14.0. The molecule has 1 aromatic rings. The Labute approximate surface area is 172 Å². The SMILES string of the molecule is CC1=C(C=Cc2cc(C=CC3=C(C)CCCC3(C)C)n(C)n2)C(C)(C)CCC1. The Balaban J connectivity index is 1.82. The number of nitrogens with zero attached hydrogens (tertiary/aromatic N) is 2. The summed E-state index contributed by atoms with van der Waals surface area (Å²) in [4.78, 5) is 0. The number of allylic oxidation sites excluding steroid dienone is 6. The number of hydrogen-bond acceptors (Lipinski definition) is 1. The van der Waals surface area contributed by atoms with Gasteiger partial charge in [0.15, 0.2) is 0 Å². The molecule has 0 fully saturated rings. The van der Waals surface area contributed by atoms with E-state index in [0.717, 1.165) is 11.4 Å². The lowest BCUT2D eigenvalue weighted by atomic mass is 9.72. The van der Waals surface area contributed by atoms with Gasteiger partial charge in [-0.2, -0.15) is 5.10 Å². The van der Waals surface area contributed by atoms with Gasteiger partial charge in [0, 0.05) is 7.05 Å². The van der Waals surface area contributed by atoms with Crippen molar-refractivity contribution in [3.05, 3.63) is 51.9 Å². The van der Waals surface area contributed by atoms with Crippen molar-refractivity contribution in [3.8, 4) is 0 Å². The van der Waals surface area contributed by atoms with E-state index in [1.165, 1.54) is 60.8 Å². The van der Waals surface area contributed by atoms with Crippen LogP contribution in [0.1, 0.15) is 91.5 Å². The molecule has 0 aromatic carbocycles. The minimum atomic E-state index is 0.271. The van der Waals surface area contributed by atoms with Crippen molar-refractivity contribution in [1.82, 2.24) is 9.78 Å². The van der Waals surface area contributed by atoms with Crippen molar-refractivity contribution in [2.24, 2.45) is 17.9 Å². The van der Waals surface area contributed by atoms with Crippen molar-refractivity contribution in [3.63, 3.8) is 0 Å². The molecule has 0 radical (unpaired) electrons. The van der Waals surface area contributed by atoms with E-state index in [1.807, 2.05) is 11.7 Å². The first-order chi connectivity index (χ1) is 13.1. The molecule has 0 saturated carbocycles. The van der Waals surface area contributed by atoms with Gasteiger partial charge in [-0.25, -0.2) is 0 Å². The van der Waals surface area contributed by atoms with Crippen LogP contribution in [0.25, 0.3) is 12.2 Å². The predicted molar refractivity (Wildman–Crippen MR) is 122 cm³/mol. The fourth-order valence-corrected chi connectivity index (χ4v) is 5.10. The van der Waals surface area contributed by atoms with Crippen LogP contribution in [-0.4, -0.2) is 9.78 Å². The molecule has 28 heavy (non-hydrogen) atoms. The van der Waals surface area contributed by atoms with Gasteiger partial charge in [-0.3, -0.25) is 4.68 Å². The van der Waals surface area contributed by atoms with E-state index in [2.05, 4.69) is 71.9 Å². The Morgan fingerprint density at radius 3 is 1.82 bits per heavy atom. The third-order valence-electron chi connectivity index (χ3n) is 6.86. The third-order valence-corrected chi connectivity index (χ3v) is 6.86. The summed E-state index contributed by atoms with van der Waals surface area (Å²) in [6, 6.07) is 2.20. The summed E-state index contributed by atoms with van der Waals surface area (Å²) in [7, 11) is 2.04. The second kappa shape index (κ2) is 7.89. The molecule has 0 N–H and O–H groups in total. The second-order valence-corrected chi connectivity index (χ2v) is 10.1. The van der Waals surface area contributed by atoms with Crippen LogP contribution in [0.3, 0.4) is 0 Å². The van der Waals surface area contributed by atoms with E-state index in [4.69, 9.17) is 5.10 Å². The molecule has 0 bridgehead atoms. The molecule has 0 amide bonds. The molecule has 1 aromatic heterocycles. The quantitative estimate of drug-likeness (QED) is 0.530. The van der Waals surface area contributed by atoms with E-state index in [-0.39, 0.29) is 10.8 Å².